The molecule has 6 atom stereocenters. The number of carbonyl (C=O) groups is 8. The largest absolute Gasteiger partial charge is 0.370 e. The van der Waals surface area contributed by atoms with E-state index in [2.05, 4.69) is 47.2 Å². The number of aromatic amines is 1. The smallest absolute Gasteiger partial charge is 0.246 e. The minimum atomic E-state index is -1.74. The SMILES string of the molecule is CCCCC(=O)NC1CC(=O)NCCCC[C@@H](C(N)=O)NC(=O)[C@H](Cc2c[nH]c3ccccc23)NC(=O)[C@H](CCCN=C(N)N)NC(=O)[C@@H](Cc2ccccc2)NC(=O)[C@]2(CCc3c(Cl)cccc3C2)NC1=O. The molecule has 1 aromatic heterocycles. The third-order valence-electron chi connectivity index (χ3n) is 13.2. The first-order valence-corrected chi connectivity index (χ1v) is 25.2. The number of unbranched alkanes of at least 4 members (excludes halogenated alkanes) is 1. The summed E-state index contributed by atoms with van der Waals surface area (Å²) in [6.07, 6.45) is 3.53. The molecule has 1 unspecified atom stereocenters. The molecule has 0 saturated carbocycles. The number of H-pyrrole nitrogens is 1. The minimum Gasteiger partial charge on any atom is -0.370 e. The van der Waals surface area contributed by atoms with Crippen LogP contribution < -0.4 is 54.4 Å². The van der Waals surface area contributed by atoms with Crippen LogP contribution in [0.5, 0.6) is 0 Å². The van der Waals surface area contributed by atoms with Gasteiger partial charge in [-0.25, -0.2) is 0 Å². The molecule has 6 rings (SSSR count). The zero-order valence-electron chi connectivity index (χ0n) is 41.0. The van der Waals surface area contributed by atoms with Crippen LogP contribution in [-0.2, 0) is 64.0 Å². The first-order chi connectivity index (χ1) is 35.0. The highest BCUT2D eigenvalue weighted by atomic mass is 35.5. The number of aliphatic imine (C=N–C) groups is 1. The van der Waals surface area contributed by atoms with Gasteiger partial charge in [-0.1, -0.05) is 85.6 Å². The molecule has 2 aliphatic rings. The molecule has 3 aromatic carbocycles. The van der Waals surface area contributed by atoms with Gasteiger partial charge in [0.15, 0.2) is 5.96 Å². The number of guanidine groups is 1. The van der Waals surface area contributed by atoms with Gasteiger partial charge in [0.05, 0.1) is 6.42 Å². The average Bonchev–Trinajstić information content (AvgIpc) is 3.77. The second kappa shape index (κ2) is 26.3. The lowest BCUT2D eigenvalue weighted by atomic mass is 9.76. The number of carbonyl (C=O) groups excluding carboxylic acids is 8. The molecule has 0 bridgehead atoms. The molecule has 390 valence electrons. The quantitative estimate of drug-likeness (QED) is 0.0521. The number of primary amides is 1. The first-order valence-electron chi connectivity index (χ1n) is 24.9. The third-order valence-corrected chi connectivity index (χ3v) is 13.6. The topological polar surface area (TPSA) is 327 Å². The highest BCUT2D eigenvalue weighted by Gasteiger charge is 2.46. The summed E-state index contributed by atoms with van der Waals surface area (Å²) in [6, 6.07) is 14.9. The molecule has 1 aliphatic heterocycles. The van der Waals surface area contributed by atoms with Gasteiger partial charge in [-0.2, -0.15) is 0 Å². The van der Waals surface area contributed by atoms with E-state index in [-0.39, 0.29) is 76.8 Å². The molecule has 20 nitrogen and oxygen atoms in total. The second-order valence-corrected chi connectivity index (χ2v) is 19.1. The molecule has 1 spiro atoms. The molecule has 21 heteroatoms. The normalized spacial score (nSPS) is 22.8. The lowest BCUT2D eigenvalue weighted by Gasteiger charge is -2.39. The van der Waals surface area contributed by atoms with E-state index in [0.29, 0.717) is 47.4 Å². The minimum absolute atomic E-state index is 0.0195. The van der Waals surface area contributed by atoms with Crippen molar-refractivity contribution in [2.75, 3.05) is 13.1 Å². The Bertz CT molecular complexity index is 2660. The van der Waals surface area contributed by atoms with Crippen LogP contribution in [0.25, 0.3) is 10.9 Å². The van der Waals surface area contributed by atoms with Gasteiger partial charge in [0.1, 0.15) is 35.7 Å². The lowest BCUT2D eigenvalue weighted by molar-refractivity contribution is -0.139. The fraction of sp³-hybridized carbons (Fsp3) is 0.442. The standard InChI is InChI=1S/C52H67ClN12O8/c1-2-3-21-43(66)60-42-28-44(67)57-24-10-9-19-38(45(54)68)61-48(71)41(27-33-30-59-37-18-8-7-16-35(33)37)63-46(69)39(20-12-25-58-51(55)56)62-47(70)40(26-31-13-5-4-6-14-31)64-50(73)52(65-49(42)72)23-22-34-32(29-52)15-11-17-36(34)53/h4-8,11,13-18,30,38-42,59H,2-3,9-10,12,19-29H2,1H3,(H2,54,68)(H,57,67)(H,60,66)(H,61,71)(H,62,70)(H,63,69)(H,64,73)(H,65,72)(H4,55,56,58)/t38-,39-,40+,41-,42?,52+/m0/s1. The number of halogens is 1. The summed E-state index contributed by atoms with van der Waals surface area (Å²) in [5.41, 5.74) is 18.8. The van der Waals surface area contributed by atoms with Crippen molar-refractivity contribution in [3.63, 3.8) is 0 Å². The fourth-order valence-corrected chi connectivity index (χ4v) is 9.50. The highest BCUT2D eigenvalue weighted by Crippen LogP contribution is 2.34. The van der Waals surface area contributed by atoms with E-state index in [1.54, 1.807) is 54.7 Å². The zero-order valence-corrected chi connectivity index (χ0v) is 41.8. The molecule has 14 N–H and O–H groups in total. The predicted molar refractivity (Wildman–Crippen MR) is 276 cm³/mol. The van der Waals surface area contributed by atoms with Crippen LogP contribution in [0.4, 0.5) is 0 Å². The maximum atomic E-state index is 15.2. The summed E-state index contributed by atoms with van der Waals surface area (Å²) < 4.78 is 0. The van der Waals surface area contributed by atoms with Gasteiger partial charge in [-0.3, -0.25) is 43.3 Å². The number of fused-ring (bicyclic) bond motifs is 2. The summed E-state index contributed by atoms with van der Waals surface area (Å²) in [7, 11) is 0. The Balaban J connectivity index is 1.41. The van der Waals surface area contributed by atoms with Crippen LogP contribution in [0.3, 0.4) is 0 Å². The first kappa shape index (κ1) is 54.8. The van der Waals surface area contributed by atoms with E-state index in [1.165, 1.54) is 0 Å². The van der Waals surface area contributed by atoms with Gasteiger partial charge in [0, 0.05) is 60.9 Å². The predicted octanol–water partition coefficient (Wildman–Crippen LogP) is 1.49. The van der Waals surface area contributed by atoms with E-state index in [1.807, 2.05) is 31.2 Å². The Morgan fingerprint density at radius 2 is 1.51 bits per heavy atom. The number of para-hydroxylation sites is 1. The molecule has 1 aliphatic carbocycles. The van der Waals surface area contributed by atoms with E-state index in [0.717, 1.165) is 16.5 Å². The number of aromatic nitrogens is 1. The molecule has 2 heterocycles. The molecular formula is C52H67ClN12O8. The monoisotopic (exact) mass is 1020 g/mol. The average molecular weight is 1020 g/mol. The van der Waals surface area contributed by atoms with Crippen LogP contribution in [0.1, 0.15) is 93.4 Å². The summed E-state index contributed by atoms with van der Waals surface area (Å²) in [4.78, 5) is 121. The van der Waals surface area contributed by atoms with Crippen LogP contribution in [-0.4, -0.2) is 107 Å². The number of nitrogens with one attached hydrogen (secondary N) is 8. The van der Waals surface area contributed by atoms with Gasteiger partial charge in [-0.05, 0) is 85.8 Å². The summed E-state index contributed by atoms with van der Waals surface area (Å²) >= 11 is 6.64. The van der Waals surface area contributed by atoms with Crippen molar-refractivity contribution in [1.82, 2.24) is 42.2 Å². The van der Waals surface area contributed by atoms with E-state index >= 15 is 4.79 Å². The third kappa shape index (κ3) is 15.5. The number of amides is 8. The number of nitrogens with zero attached hydrogens (tertiary/aromatic N) is 1. The van der Waals surface area contributed by atoms with Crippen LogP contribution in [0.15, 0.2) is 84.0 Å². The van der Waals surface area contributed by atoms with Gasteiger partial charge in [-0.15, -0.1) is 0 Å². The molecule has 0 radical (unpaired) electrons. The van der Waals surface area contributed by atoms with Crippen LogP contribution in [0, 0.1) is 0 Å². The Morgan fingerprint density at radius 1 is 0.795 bits per heavy atom. The maximum absolute atomic E-state index is 15.2. The van der Waals surface area contributed by atoms with Crippen molar-refractivity contribution in [3.8, 4) is 0 Å². The van der Waals surface area contributed by atoms with Gasteiger partial charge < -0.3 is 59.4 Å². The number of rotatable bonds is 13. The van der Waals surface area contributed by atoms with Crippen molar-refractivity contribution in [1.29, 1.82) is 0 Å². The van der Waals surface area contributed by atoms with Crippen LogP contribution in [0.2, 0.25) is 5.02 Å². The van der Waals surface area contributed by atoms with Crippen molar-refractivity contribution < 1.29 is 38.4 Å². The Morgan fingerprint density at radius 3 is 2.26 bits per heavy atom. The number of hydrogen-bond donors (Lipinski definition) is 11. The van der Waals surface area contributed by atoms with Crippen molar-refractivity contribution in [3.05, 3.63) is 106 Å². The van der Waals surface area contributed by atoms with Crippen molar-refractivity contribution in [2.24, 2.45) is 22.2 Å². The van der Waals surface area contributed by atoms with Crippen molar-refractivity contribution in [2.45, 2.75) is 133 Å². The summed E-state index contributed by atoms with van der Waals surface area (Å²) in [5, 5.41) is 21.0. The highest BCUT2D eigenvalue weighted by molar-refractivity contribution is 6.31. The van der Waals surface area contributed by atoms with E-state index in [4.69, 9.17) is 28.8 Å². The van der Waals surface area contributed by atoms with Gasteiger partial charge in [0.25, 0.3) is 0 Å². The van der Waals surface area contributed by atoms with Gasteiger partial charge >= 0.3 is 0 Å². The number of hydrogen-bond acceptors (Lipinski definition) is 9. The lowest BCUT2D eigenvalue weighted by Crippen LogP contribution is -2.67. The Kier molecular flexibility index (Phi) is 19.7. The number of benzene rings is 3. The Labute approximate surface area is 428 Å². The molecule has 8 amide bonds. The second-order valence-electron chi connectivity index (χ2n) is 18.7. The molecule has 1 fully saturated rings. The molecule has 73 heavy (non-hydrogen) atoms. The van der Waals surface area contributed by atoms with Crippen LogP contribution >= 0.6 is 11.6 Å². The molecular weight excluding hydrogens is 956 g/mol. The Hall–Kier alpha value is -7.48. The van der Waals surface area contributed by atoms with Crippen molar-refractivity contribution >= 4 is 75.7 Å². The maximum Gasteiger partial charge on any atom is 0.246 e. The van der Waals surface area contributed by atoms with E-state index in [9.17, 15) is 33.6 Å². The van der Waals surface area contributed by atoms with E-state index < -0.39 is 89.4 Å². The summed E-state index contributed by atoms with van der Waals surface area (Å²) in [5.74, 6) is -5.85. The molecule has 1 saturated heterocycles. The zero-order chi connectivity index (χ0) is 52.5. The molecule has 4 aromatic rings. The fourth-order valence-electron chi connectivity index (χ4n) is 9.21. The number of nitrogens with two attached hydrogens (primary N) is 3. The summed E-state index contributed by atoms with van der Waals surface area (Å²) in [6.45, 7) is 2.10. The van der Waals surface area contributed by atoms with Gasteiger partial charge in [0.2, 0.25) is 47.3 Å².